The molecule has 0 radical (unpaired) electrons. The first kappa shape index (κ1) is 23.2. The zero-order valence-electron chi connectivity index (χ0n) is 18.6. The lowest BCUT2D eigenvalue weighted by Crippen LogP contribution is -2.31. The van der Waals surface area contributed by atoms with Crippen molar-refractivity contribution in [2.24, 2.45) is 0 Å². The molecule has 0 unspecified atom stereocenters. The summed E-state index contributed by atoms with van der Waals surface area (Å²) in [5, 5.41) is 2.90. The largest absolute Gasteiger partial charge is 0.438 e. The third-order valence-electron chi connectivity index (χ3n) is 4.49. The number of hydrogen-bond donors (Lipinski definition) is 2. The standard InChI is InChI=1S/C23H26N4O4S/c1-14(2)25-19-10-9-18(22(28)27-32(29,30)20-8-6-7-11-24-20)23(26-19)31-21-16(4)12-15(3)13-17(21)5/h6-14H,1-5H3,(H,25,26)(H,27,28). The molecule has 0 spiro atoms. The number of anilines is 1. The number of nitrogens with zero attached hydrogens (tertiary/aromatic N) is 2. The van der Waals surface area contributed by atoms with Gasteiger partial charge in [-0.1, -0.05) is 23.8 Å². The van der Waals surface area contributed by atoms with Crippen LogP contribution < -0.4 is 14.8 Å². The second kappa shape index (κ2) is 9.35. The molecule has 0 fully saturated rings. The molecule has 0 saturated carbocycles. The van der Waals surface area contributed by atoms with Gasteiger partial charge in [0.05, 0.1) is 0 Å². The highest BCUT2D eigenvalue weighted by molar-refractivity contribution is 7.90. The third kappa shape index (κ3) is 5.42. The fourth-order valence-corrected chi connectivity index (χ4v) is 4.14. The minimum atomic E-state index is -4.16. The predicted octanol–water partition coefficient (Wildman–Crippen LogP) is 4.13. The molecule has 8 nitrogen and oxygen atoms in total. The molecule has 0 saturated heterocycles. The third-order valence-corrected chi connectivity index (χ3v) is 5.73. The first-order valence-corrected chi connectivity index (χ1v) is 11.6. The van der Waals surface area contributed by atoms with Gasteiger partial charge in [0.25, 0.3) is 15.9 Å². The monoisotopic (exact) mass is 454 g/mol. The smallest absolute Gasteiger partial charge is 0.281 e. The quantitative estimate of drug-likeness (QED) is 0.552. The lowest BCUT2D eigenvalue weighted by Gasteiger charge is -2.17. The van der Waals surface area contributed by atoms with Crippen LogP contribution in [0.4, 0.5) is 5.82 Å². The topological polar surface area (TPSA) is 110 Å². The van der Waals surface area contributed by atoms with Crippen LogP contribution in [0, 0.1) is 20.8 Å². The van der Waals surface area contributed by atoms with Crippen molar-refractivity contribution in [2.45, 2.75) is 45.7 Å². The number of carbonyl (C=O) groups is 1. The van der Waals surface area contributed by atoms with E-state index >= 15 is 0 Å². The fraction of sp³-hybridized carbons (Fsp3) is 0.261. The van der Waals surface area contributed by atoms with Crippen LogP contribution in [0.3, 0.4) is 0 Å². The van der Waals surface area contributed by atoms with Gasteiger partial charge in [-0.3, -0.25) is 4.79 Å². The van der Waals surface area contributed by atoms with Crippen LogP contribution in [0.5, 0.6) is 11.6 Å². The summed E-state index contributed by atoms with van der Waals surface area (Å²) in [5.74, 6) is 0.198. The van der Waals surface area contributed by atoms with Gasteiger partial charge in [0.15, 0.2) is 5.03 Å². The Balaban J connectivity index is 2.01. The Bertz CT molecular complexity index is 1220. The van der Waals surface area contributed by atoms with E-state index in [9.17, 15) is 13.2 Å². The van der Waals surface area contributed by atoms with E-state index in [4.69, 9.17) is 4.74 Å². The number of aromatic nitrogens is 2. The van der Waals surface area contributed by atoms with Crippen LogP contribution >= 0.6 is 0 Å². The van der Waals surface area contributed by atoms with E-state index in [1.807, 2.05) is 51.5 Å². The fourth-order valence-electron chi connectivity index (χ4n) is 3.23. The Morgan fingerprint density at radius 3 is 2.31 bits per heavy atom. The molecule has 0 aliphatic carbocycles. The van der Waals surface area contributed by atoms with Gasteiger partial charge >= 0.3 is 0 Å². The van der Waals surface area contributed by atoms with E-state index in [1.165, 1.54) is 24.4 Å². The van der Waals surface area contributed by atoms with Crippen molar-refractivity contribution in [3.63, 3.8) is 0 Å². The Morgan fingerprint density at radius 1 is 1.03 bits per heavy atom. The Morgan fingerprint density at radius 2 is 1.72 bits per heavy atom. The molecule has 0 atom stereocenters. The van der Waals surface area contributed by atoms with E-state index < -0.39 is 15.9 Å². The van der Waals surface area contributed by atoms with Crippen LogP contribution in [-0.4, -0.2) is 30.3 Å². The normalized spacial score (nSPS) is 11.3. The van der Waals surface area contributed by atoms with Gasteiger partial charge in [0, 0.05) is 12.2 Å². The average molecular weight is 455 g/mol. The molecule has 2 heterocycles. The first-order chi connectivity index (χ1) is 15.1. The van der Waals surface area contributed by atoms with E-state index in [0.717, 1.165) is 16.7 Å². The van der Waals surface area contributed by atoms with Gasteiger partial charge < -0.3 is 10.1 Å². The number of benzene rings is 1. The highest BCUT2D eigenvalue weighted by atomic mass is 32.2. The van der Waals surface area contributed by atoms with E-state index in [0.29, 0.717) is 11.6 Å². The number of hydrogen-bond acceptors (Lipinski definition) is 7. The summed E-state index contributed by atoms with van der Waals surface area (Å²) in [6, 6.07) is 11.5. The molecular formula is C23H26N4O4S. The molecular weight excluding hydrogens is 428 g/mol. The summed E-state index contributed by atoms with van der Waals surface area (Å²) >= 11 is 0. The summed E-state index contributed by atoms with van der Waals surface area (Å²) in [4.78, 5) is 21.2. The Kier molecular flexibility index (Phi) is 6.78. The van der Waals surface area contributed by atoms with E-state index in [1.54, 1.807) is 12.1 Å². The zero-order chi connectivity index (χ0) is 23.5. The molecule has 9 heteroatoms. The summed E-state index contributed by atoms with van der Waals surface area (Å²) < 4.78 is 33.3. The van der Waals surface area contributed by atoms with Crippen molar-refractivity contribution in [1.82, 2.24) is 14.7 Å². The maximum absolute atomic E-state index is 12.9. The number of carbonyl (C=O) groups excluding carboxylic acids is 1. The van der Waals surface area contributed by atoms with Gasteiger partial charge in [0.2, 0.25) is 5.88 Å². The zero-order valence-corrected chi connectivity index (χ0v) is 19.4. The van der Waals surface area contributed by atoms with Gasteiger partial charge in [-0.15, -0.1) is 0 Å². The number of rotatable bonds is 7. The highest BCUT2D eigenvalue weighted by Gasteiger charge is 2.24. The van der Waals surface area contributed by atoms with E-state index in [-0.39, 0.29) is 22.5 Å². The molecule has 32 heavy (non-hydrogen) atoms. The summed E-state index contributed by atoms with van der Waals surface area (Å²) in [5.41, 5.74) is 2.81. The minimum Gasteiger partial charge on any atom is -0.438 e. The van der Waals surface area contributed by atoms with Crippen molar-refractivity contribution in [2.75, 3.05) is 5.32 Å². The van der Waals surface area contributed by atoms with Gasteiger partial charge in [-0.25, -0.2) is 9.71 Å². The molecule has 0 bridgehead atoms. The molecule has 3 aromatic rings. The van der Waals surface area contributed by atoms with E-state index in [2.05, 4.69) is 15.3 Å². The molecule has 2 aromatic heterocycles. The van der Waals surface area contributed by atoms with Crippen molar-refractivity contribution in [1.29, 1.82) is 0 Å². The highest BCUT2D eigenvalue weighted by Crippen LogP contribution is 2.31. The molecule has 1 amide bonds. The summed E-state index contributed by atoms with van der Waals surface area (Å²) in [7, 11) is -4.16. The minimum absolute atomic E-state index is 0.000533. The van der Waals surface area contributed by atoms with Crippen LogP contribution in [0.25, 0.3) is 0 Å². The second-order valence-corrected chi connectivity index (χ2v) is 9.41. The number of pyridine rings is 2. The summed E-state index contributed by atoms with van der Waals surface area (Å²) in [6.07, 6.45) is 1.34. The van der Waals surface area contributed by atoms with Crippen LogP contribution in [0.1, 0.15) is 40.9 Å². The average Bonchev–Trinajstić information content (AvgIpc) is 2.70. The Labute approximate surface area is 188 Å². The number of nitrogens with one attached hydrogen (secondary N) is 2. The summed E-state index contributed by atoms with van der Waals surface area (Å²) in [6.45, 7) is 9.69. The number of amides is 1. The molecule has 1 aromatic carbocycles. The molecule has 168 valence electrons. The van der Waals surface area contributed by atoms with Gasteiger partial charge in [-0.05, 0) is 70.0 Å². The van der Waals surface area contributed by atoms with Crippen molar-refractivity contribution in [3.05, 3.63) is 70.9 Å². The Hall–Kier alpha value is -3.46. The van der Waals surface area contributed by atoms with Crippen LogP contribution in [-0.2, 0) is 10.0 Å². The molecule has 3 rings (SSSR count). The molecule has 0 aliphatic rings. The molecule has 0 aliphatic heterocycles. The number of ether oxygens (including phenoxy) is 1. The lowest BCUT2D eigenvalue weighted by molar-refractivity contribution is 0.0978. The second-order valence-electron chi connectivity index (χ2n) is 7.78. The van der Waals surface area contributed by atoms with Crippen LogP contribution in [0.2, 0.25) is 0 Å². The lowest BCUT2D eigenvalue weighted by atomic mass is 10.1. The number of sulfonamides is 1. The number of aryl methyl sites for hydroxylation is 3. The van der Waals surface area contributed by atoms with Gasteiger partial charge in [-0.2, -0.15) is 13.4 Å². The molecule has 2 N–H and O–H groups in total. The predicted molar refractivity (Wildman–Crippen MR) is 123 cm³/mol. The van der Waals surface area contributed by atoms with Crippen LogP contribution in [0.15, 0.2) is 53.7 Å². The van der Waals surface area contributed by atoms with Crippen molar-refractivity contribution in [3.8, 4) is 11.6 Å². The maximum atomic E-state index is 12.9. The van der Waals surface area contributed by atoms with Gasteiger partial charge in [0.1, 0.15) is 17.1 Å². The SMILES string of the molecule is Cc1cc(C)c(Oc2nc(NC(C)C)ccc2C(=O)NS(=O)(=O)c2ccccn2)c(C)c1. The van der Waals surface area contributed by atoms with Crippen molar-refractivity contribution >= 4 is 21.7 Å². The first-order valence-electron chi connectivity index (χ1n) is 10.1. The van der Waals surface area contributed by atoms with Crippen molar-refractivity contribution < 1.29 is 17.9 Å². The maximum Gasteiger partial charge on any atom is 0.281 e.